The number of carboxylic acid groups (broad SMARTS) is 1. The molecule has 0 spiro atoms. The molecule has 0 aliphatic carbocycles. The molecule has 1 aromatic carbocycles. The van der Waals surface area contributed by atoms with Crippen molar-refractivity contribution in [3.8, 4) is 5.75 Å². The van der Waals surface area contributed by atoms with E-state index >= 15 is 0 Å². The average molecular weight is 362 g/mol. The first-order chi connectivity index (χ1) is 12.4. The monoisotopic (exact) mass is 362 g/mol. The van der Waals surface area contributed by atoms with Crippen LogP contribution in [-0.4, -0.2) is 41.7 Å². The second-order valence-corrected chi connectivity index (χ2v) is 7.20. The summed E-state index contributed by atoms with van der Waals surface area (Å²) in [5.74, 6) is 0.0934. The number of likely N-dealkylation sites (tertiary alicyclic amines) is 1. The molecule has 6 heteroatoms. The molecule has 1 unspecified atom stereocenters. The minimum Gasteiger partial charge on any atom is -0.494 e. The summed E-state index contributed by atoms with van der Waals surface area (Å²) in [5, 5.41) is 12.2. The highest BCUT2D eigenvalue weighted by Crippen LogP contribution is 2.30. The van der Waals surface area contributed by atoms with E-state index in [4.69, 9.17) is 9.84 Å². The third kappa shape index (κ3) is 5.38. The summed E-state index contributed by atoms with van der Waals surface area (Å²) in [6.07, 6.45) is 1.82. The zero-order chi connectivity index (χ0) is 19.1. The molecular weight excluding hydrogens is 332 g/mol. The van der Waals surface area contributed by atoms with Crippen LogP contribution in [0, 0.1) is 11.8 Å². The smallest absolute Gasteiger partial charge is 0.317 e. The van der Waals surface area contributed by atoms with Gasteiger partial charge < -0.3 is 20.1 Å². The number of hydrogen-bond donors (Lipinski definition) is 2. The molecular formula is C20H30N2O4. The van der Waals surface area contributed by atoms with Gasteiger partial charge in [0.1, 0.15) is 5.75 Å². The summed E-state index contributed by atoms with van der Waals surface area (Å²) < 4.78 is 5.74. The van der Waals surface area contributed by atoms with Crippen LogP contribution in [0.5, 0.6) is 5.75 Å². The van der Waals surface area contributed by atoms with Crippen molar-refractivity contribution in [1.82, 2.24) is 10.2 Å². The molecule has 1 atom stereocenters. The number of benzene rings is 1. The molecule has 144 valence electrons. The summed E-state index contributed by atoms with van der Waals surface area (Å²) in [6.45, 7) is 7.72. The Kier molecular flexibility index (Phi) is 7.30. The summed E-state index contributed by atoms with van der Waals surface area (Å²) in [5.41, 5.74) is 0.983. The third-order valence-electron chi connectivity index (χ3n) is 4.73. The van der Waals surface area contributed by atoms with E-state index in [1.807, 2.05) is 31.2 Å². The van der Waals surface area contributed by atoms with Crippen LogP contribution in [0.25, 0.3) is 0 Å². The Labute approximate surface area is 155 Å². The number of ether oxygens (including phenoxy) is 1. The minimum atomic E-state index is -0.770. The van der Waals surface area contributed by atoms with Crippen molar-refractivity contribution < 1.29 is 19.4 Å². The van der Waals surface area contributed by atoms with Gasteiger partial charge in [-0.25, -0.2) is 4.79 Å². The predicted octanol–water partition coefficient (Wildman–Crippen LogP) is 3.68. The van der Waals surface area contributed by atoms with Crippen molar-refractivity contribution in [3.05, 3.63) is 29.8 Å². The number of carbonyl (C=O) groups is 2. The highest BCUT2D eigenvalue weighted by molar-refractivity contribution is 5.76. The Morgan fingerprint density at radius 1 is 1.27 bits per heavy atom. The summed E-state index contributed by atoms with van der Waals surface area (Å²) >= 11 is 0. The van der Waals surface area contributed by atoms with Gasteiger partial charge in [0.05, 0.1) is 18.6 Å². The van der Waals surface area contributed by atoms with Crippen LogP contribution in [0.15, 0.2) is 24.3 Å². The van der Waals surface area contributed by atoms with E-state index in [9.17, 15) is 9.59 Å². The number of carbonyl (C=O) groups excluding carboxylic acids is 1. The van der Waals surface area contributed by atoms with Crippen LogP contribution in [-0.2, 0) is 4.79 Å². The minimum absolute atomic E-state index is 0.134. The lowest BCUT2D eigenvalue weighted by molar-refractivity contribution is -0.143. The van der Waals surface area contributed by atoms with Gasteiger partial charge in [-0.3, -0.25) is 4.79 Å². The number of nitrogens with one attached hydrogen (secondary N) is 1. The Morgan fingerprint density at radius 2 is 1.92 bits per heavy atom. The molecule has 2 amide bonds. The number of piperidine rings is 1. The Balaban J connectivity index is 2.09. The van der Waals surface area contributed by atoms with Gasteiger partial charge in [0.25, 0.3) is 0 Å². The molecule has 0 radical (unpaired) electrons. The zero-order valence-corrected chi connectivity index (χ0v) is 15.9. The summed E-state index contributed by atoms with van der Waals surface area (Å²) in [7, 11) is 0. The Hall–Kier alpha value is -2.24. The zero-order valence-electron chi connectivity index (χ0n) is 15.9. The maximum absolute atomic E-state index is 12.7. The number of nitrogens with zero attached hydrogens (tertiary/aromatic N) is 1. The molecule has 0 bridgehead atoms. The number of carboxylic acids is 1. The SMILES string of the molecule is CCOc1ccccc1C(CC(C)C)NC(=O)N1CCC(C(=O)O)CC1. The normalized spacial score (nSPS) is 16.4. The number of para-hydroxylation sites is 1. The van der Waals surface area contributed by atoms with Crippen LogP contribution >= 0.6 is 0 Å². The largest absolute Gasteiger partial charge is 0.494 e. The van der Waals surface area contributed by atoms with Gasteiger partial charge in [-0.15, -0.1) is 0 Å². The first-order valence-electron chi connectivity index (χ1n) is 9.42. The number of rotatable bonds is 7. The standard InChI is InChI=1S/C20H30N2O4/c1-4-26-18-8-6-5-7-16(18)17(13-14(2)3)21-20(25)22-11-9-15(10-12-22)19(23)24/h5-8,14-15,17H,4,9-13H2,1-3H3,(H,21,25)(H,23,24). The average Bonchev–Trinajstić information content (AvgIpc) is 2.61. The molecule has 0 aromatic heterocycles. The fourth-order valence-electron chi connectivity index (χ4n) is 3.36. The highest BCUT2D eigenvalue weighted by atomic mass is 16.5. The van der Waals surface area contributed by atoms with E-state index in [0.29, 0.717) is 38.5 Å². The van der Waals surface area contributed by atoms with Crippen molar-refractivity contribution in [3.63, 3.8) is 0 Å². The van der Waals surface area contributed by atoms with E-state index in [2.05, 4.69) is 19.2 Å². The lowest BCUT2D eigenvalue weighted by atomic mass is 9.95. The lowest BCUT2D eigenvalue weighted by Gasteiger charge is -2.32. The van der Waals surface area contributed by atoms with Gasteiger partial charge >= 0.3 is 12.0 Å². The molecule has 26 heavy (non-hydrogen) atoms. The van der Waals surface area contributed by atoms with Crippen LogP contribution < -0.4 is 10.1 Å². The molecule has 1 aliphatic rings. The number of aliphatic carboxylic acids is 1. The van der Waals surface area contributed by atoms with Crippen molar-refractivity contribution in [2.24, 2.45) is 11.8 Å². The van der Waals surface area contributed by atoms with Gasteiger partial charge in [0, 0.05) is 18.7 Å². The lowest BCUT2D eigenvalue weighted by Crippen LogP contribution is -2.46. The molecule has 6 nitrogen and oxygen atoms in total. The molecule has 1 fully saturated rings. The maximum atomic E-state index is 12.7. The maximum Gasteiger partial charge on any atom is 0.317 e. The van der Waals surface area contributed by atoms with Gasteiger partial charge in [-0.2, -0.15) is 0 Å². The van der Waals surface area contributed by atoms with Crippen molar-refractivity contribution in [2.75, 3.05) is 19.7 Å². The van der Waals surface area contributed by atoms with E-state index in [0.717, 1.165) is 17.7 Å². The Morgan fingerprint density at radius 3 is 2.50 bits per heavy atom. The molecule has 0 saturated carbocycles. The number of urea groups is 1. The van der Waals surface area contributed by atoms with E-state index < -0.39 is 5.97 Å². The number of amides is 2. The van der Waals surface area contributed by atoms with E-state index in [1.165, 1.54) is 0 Å². The first kappa shape index (κ1) is 20.1. The summed E-state index contributed by atoms with van der Waals surface area (Å²) in [4.78, 5) is 25.5. The highest BCUT2D eigenvalue weighted by Gasteiger charge is 2.28. The van der Waals surface area contributed by atoms with Crippen molar-refractivity contribution in [2.45, 2.75) is 46.1 Å². The second-order valence-electron chi connectivity index (χ2n) is 7.20. The van der Waals surface area contributed by atoms with Crippen LogP contribution in [0.1, 0.15) is 51.6 Å². The Bertz CT molecular complexity index is 610. The molecule has 1 saturated heterocycles. The molecule has 2 rings (SSSR count). The van der Waals surface area contributed by atoms with Gasteiger partial charge in [0.2, 0.25) is 0 Å². The third-order valence-corrected chi connectivity index (χ3v) is 4.73. The molecule has 1 aromatic rings. The fourth-order valence-corrected chi connectivity index (χ4v) is 3.36. The second kappa shape index (κ2) is 9.46. The predicted molar refractivity (Wildman–Crippen MR) is 100 cm³/mol. The van der Waals surface area contributed by atoms with Gasteiger partial charge in [-0.05, 0) is 38.2 Å². The number of hydrogen-bond acceptors (Lipinski definition) is 3. The van der Waals surface area contributed by atoms with Crippen molar-refractivity contribution in [1.29, 1.82) is 0 Å². The first-order valence-corrected chi connectivity index (χ1v) is 9.42. The fraction of sp³-hybridized carbons (Fsp3) is 0.600. The quantitative estimate of drug-likeness (QED) is 0.775. The molecule has 1 heterocycles. The van der Waals surface area contributed by atoms with Crippen LogP contribution in [0.2, 0.25) is 0 Å². The summed E-state index contributed by atoms with van der Waals surface area (Å²) in [6, 6.07) is 7.54. The van der Waals surface area contributed by atoms with E-state index in [1.54, 1.807) is 4.90 Å². The van der Waals surface area contributed by atoms with Crippen LogP contribution in [0.3, 0.4) is 0 Å². The van der Waals surface area contributed by atoms with Crippen molar-refractivity contribution >= 4 is 12.0 Å². The van der Waals surface area contributed by atoms with E-state index in [-0.39, 0.29) is 18.0 Å². The molecule has 1 aliphatic heterocycles. The van der Waals surface area contributed by atoms with Gasteiger partial charge in [0.15, 0.2) is 0 Å². The van der Waals surface area contributed by atoms with Gasteiger partial charge in [-0.1, -0.05) is 32.0 Å². The molecule has 2 N–H and O–H groups in total. The van der Waals surface area contributed by atoms with Crippen LogP contribution in [0.4, 0.5) is 4.79 Å². The topological polar surface area (TPSA) is 78.9 Å².